The summed E-state index contributed by atoms with van der Waals surface area (Å²) in [6.07, 6.45) is -0.451. The van der Waals surface area contributed by atoms with E-state index >= 15 is 0 Å². The van der Waals surface area contributed by atoms with Gasteiger partial charge >= 0.3 is 12.1 Å². The topological polar surface area (TPSA) is 66.8 Å². The zero-order valence-corrected chi connectivity index (χ0v) is 13.5. The Balaban J connectivity index is 2.18. The second-order valence-corrected chi connectivity index (χ2v) is 6.85. The molecule has 1 amide bonds. The van der Waals surface area contributed by atoms with Crippen molar-refractivity contribution in [2.24, 2.45) is 5.92 Å². The van der Waals surface area contributed by atoms with Crippen molar-refractivity contribution in [2.45, 2.75) is 39.2 Å². The Bertz CT molecular complexity index is 559. The summed E-state index contributed by atoms with van der Waals surface area (Å²) in [6, 6.07) is 7.80. The van der Waals surface area contributed by atoms with Crippen molar-refractivity contribution >= 4 is 12.1 Å². The van der Waals surface area contributed by atoms with Gasteiger partial charge in [0.25, 0.3) is 0 Å². The number of carbonyl (C=O) groups excluding carboxylic acids is 1. The number of hydrogen-bond donors (Lipinski definition) is 1. The molecule has 0 radical (unpaired) electrons. The van der Waals surface area contributed by atoms with Crippen LogP contribution in [0.3, 0.4) is 0 Å². The molecule has 0 spiro atoms. The van der Waals surface area contributed by atoms with E-state index in [1.807, 2.05) is 31.2 Å². The highest BCUT2D eigenvalue weighted by atomic mass is 16.6. The van der Waals surface area contributed by atoms with Crippen LogP contribution in [-0.4, -0.2) is 40.8 Å². The second kappa shape index (κ2) is 5.99. The van der Waals surface area contributed by atoms with Crippen LogP contribution in [0, 0.1) is 12.8 Å². The number of nitrogens with zero attached hydrogens (tertiary/aromatic N) is 1. The Morgan fingerprint density at radius 3 is 2.27 bits per heavy atom. The lowest BCUT2D eigenvalue weighted by molar-refractivity contribution is -0.141. The number of aryl methyl sites for hydroxylation is 1. The summed E-state index contributed by atoms with van der Waals surface area (Å²) in [7, 11) is 0. The Labute approximate surface area is 130 Å². The molecular weight excluding hydrogens is 282 g/mol. The van der Waals surface area contributed by atoms with E-state index in [1.165, 1.54) is 4.90 Å². The zero-order valence-electron chi connectivity index (χ0n) is 13.5. The Hall–Kier alpha value is -2.04. The van der Waals surface area contributed by atoms with Gasteiger partial charge in [-0.05, 0) is 33.3 Å². The molecule has 0 aliphatic carbocycles. The van der Waals surface area contributed by atoms with Crippen molar-refractivity contribution in [3.63, 3.8) is 0 Å². The van der Waals surface area contributed by atoms with Crippen LogP contribution < -0.4 is 0 Å². The van der Waals surface area contributed by atoms with Crippen molar-refractivity contribution < 1.29 is 19.4 Å². The maximum absolute atomic E-state index is 12.2. The quantitative estimate of drug-likeness (QED) is 0.912. The maximum atomic E-state index is 12.2. The molecular formula is C17H23NO4. The summed E-state index contributed by atoms with van der Waals surface area (Å²) in [5.41, 5.74) is 1.49. The molecule has 1 unspecified atom stereocenters. The van der Waals surface area contributed by atoms with E-state index in [-0.39, 0.29) is 12.5 Å². The second-order valence-electron chi connectivity index (χ2n) is 6.85. The molecule has 0 saturated carbocycles. The van der Waals surface area contributed by atoms with Crippen LogP contribution in [0.1, 0.15) is 37.8 Å². The summed E-state index contributed by atoms with van der Waals surface area (Å²) >= 11 is 0. The van der Waals surface area contributed by atoms with Crippen LogP contribution in [0.15, 0.2) is 24.3 Å². The average Bonchev–Trinajstić information content (AvgIpc) is 2.83. The Kier molecular flexibility index (Phi) is 4.44. The van der Waals surface area contributed by atoms with Gasteiger partial charge in [-0.25, -0.2) is 4.79 Å². The fourth-order valence-electron chi connectivity index (χ4n) is 2.68. The minimum Gasteiger partial charge on any atom is -0.481 e. The molecule has 1 heterocycles. The molecule has 1 aromatic rings. The van der Waals surface area contributed by atoms with Gasteiger partial charge in [0.1, 0.15) is 5.60 Å². The van der Waals surface area contributed by atoms with E-state index in [2.05, 4.69) is 0 Å². The van der Waals surface area contributed by atoms with Crippen molar-refractivity contribution in [1.82, 2.24) is 4.90 Å². The molecule has 1 saturated heterocycles. The predicted molar refractivity (Wildman–Crippen MR) is 82.9 cm³/mol. The van der Waals surface area contributed by atoms with Gasteiger partial charge in [0.05, 0.1) is 5.92 Å². The highest BCUT2D eigenvalue weighted by molar-refractivity contribution is 5.76. The molecule has 2 atom stereocenters. The fraction of sp³-hybridized carbons (Fsp3) is 0.529. The number of likely N-dealkylation sites (tertiary alicyclic amines) is 1. The van der Waals surface area contributed by atoms with Gasteiger partial charge in [-0.3, -0.25) is 4.79 Å². The summed E-state index contributed by atoms with van der Waals surface area (Å²) in [5, 5.41) is 9.45. The van der Waals surface area contributed by atoms with Crippen LogP contribution >= 0.6 is 0 Å². The molecule has 120 valence electrons. The van der Waals surface area contributed by atoms with Crippen LogP contribution in [0.5, 0.6) is 0 Å². The molecule has 0 bridgehead atoms. The third kappa shape index (κ3) is 3.78. The SMILES string of the molecule is Cc1ccc(C2CN(C(=O)OC(C)(C)C)C[C@H]2C(=O)O)cc1. The third-order valence-corrected chi connectivity index (χ3v) is 3.79. The maximum Gasteiger partial charge on any atom is 0.410 e. The predicted octanol–water partition coefficient (Wildman–Crippen LogP) is 3.03. The first kappa shape index (κ1) is 16.3. The summed E-state index contributed by atoms with van der Waals surface area (Å²) in [4.78, 5) is 25.2. The summed E-state index contributed by atoms with van der Waals surface area (Å²) < 4.78 is 5.35. The van der Waals surface area contributed by atoms with E-state index in [4.69, 9.17) is 4.74 Å². The monoisotopic (exact) mass is 305 g/mol. The van der Waals surface area contributed by atoms with Crippen molar-refractivity contribution in [1.29, 1.82) is 0 Å². The van der Waals surface area contributed by atoms with E-state index in [1.54, 1.807) is 20.8 Å². The van der Waals surface area contributed by atoms with Crippen molar-refractivity contribution in [2.75, 3.05) is 13.1 Å². The minimum atomic E-state index is -0.878. The number of amides is 1. The van der Waals surface area contributed by atoms with Gasteiger partial charge in [-0.15, -0.1) is 0 Å². The van der Waals surface area contributed by atoms with E-state index in [9.17, 15) is 14.7 Å². The van der Waals surface area contributed by atoms with Crippen LogP contribution in [0.25, 0.3) is 0 Å². The number of hydrogen-bond acceptors (Lipinski definition) is 3. The van der Waals surface area contributed by atoms with Crippen LogP contribution in [-0.2, 0) is 9.53 Å². The van der Waals surface area contributed by atoms with Gasteiger partial charge in [0.15, 0.2) is 0 Å². The van der Waals surface area contributed by atoms with Crippen molar-refractivity contribution in [3.05, 3.63) is 35.4 Å². The van der Waals surface area contributed by atoms with Gasteiger partial charge in [-0.2, -0.15) is 0 Å². The molecule has 1 aromatic carbocycles. The molecule has 22 heavy (non-hydrogen) atoms. The van der Waals surface area contributed by atoms with E-state index in [0.717, 1.165) is 11.1 Å². The number of carboxylic acids is 1. The molecule has 1 aliphatic heterocycles. The highest BCUT2D eigenvalue weighted by Crippen LogP contribution is 2.33. The molecule has 5 nitrogen and oxygen atoms in total. The zero-order chi connectivity index (χ0) is 16.5. The lowest BCUT2D eigenvalue weighted by Gasteiger charge is -2.24. The lowest BCUT2D eigenvalue weighted by atomic mass is 9.89. The van der Waals surface area contributed by atoms with Crippen molar-refractivity contribution in [3.8, 4) is 0 Å². The molecule has 1 aliphatic rings. The standard InChI is InChI=1S/C17H23NO4/c1-11-5-7-12(8-6-11)13-9-18(10-14(13)15(19)20)16(21)22-17(2,3)4/h5-8,13-14H,9-10H2,1-4H3,(H,19,20)/t13?,14-/m1/s1. The molecule has 1 N–H and O–H groups in total. The van der Waals surface area contributed by atoms with Gasteiger partial charge in [0.2, 0.25) is 0 Å². The van der Waals surface area contributed by atoms with Crippen LogP contribution in [0.4, 0.5) is 4.79 Å². The number of rotatable bonds is 2. The first-order valence-corrected chi connectivity index (χ1v) is 7.44. The number of carboxylic acid groups (broad SMARTS) is 1. The van der Waals surface area contributed by atoms with Gasteiger partial charge in [-0.1, -0.05) is 29.8 Å². The average molecular weight is 305 g/mol. The van der Waals surface area contributed by atoms with Gasteiger partial charge in [0, 0.05) is 19.0 Å². The summed E-state index contributed by atoms with van der Waals surface area (Å²) in [5.74, 6) is -1.68. The first-order valence-electron chi connectivity index (χ1n) is 7.44. The number of ether oxygens (including phenoxy) is 1. The van der Waals surface area contributed by atoms with Gasteiger partial charge < -0.3 is 14.7 Å². The smallest absolute Gasteiger partial charge is 0.410 e. The Morgan fingerprint density at radius 2 is 1.77 bits per heavy atom. The molecule has 2 rings (SSSR count). The van der Waals surface area contributed by atoms with Crippen LogP contribution in [0.2, 0.25) is 0 Å². The number of benzene rings is 1. The third-order valence-electron chi connectivity index (χ3n) is 3.79. The lowest BCUT2D eigenvalue weighted by Crippen LogP contribution is -2.35. The summed E-state index contributed by atoms with van der Waals surface area (Å²) in [6.45, 7) is 7.94. The first-order chi connectivity index (χ1) is 10.2. The molecule has 5 heteroatoms. The minimum absolute atomic E-state index is 0.183. The fourth-order valence-corrected chi connectivity index (χ4v) is 2.68. The van der Waals surface area contributed by atoms with E-state index < -0.39 is 23.6 Å². The highest BCUT2D eigenvalue weighted by Gasteiger charge is 2.41. The number of carbonyl (C=O) groups is 2. The molecule has 0 aromatic heterocycles. The Morgan fingerprint density at radius 1 is 1.18 bits per heavy atom. The van der Waals surface area contributed by atoms with E-state index in [0.29, 0.717) is 6.54 Å². The normalized spacial score (nSPS) is 21.7. The largest absolute Gasteiger partial charge is 0.481 e. The number of aliphatic carboxylic acids is 1. The molecule has 1 fully saturated rings.